The van der Waals surface area contributed by atoms with E-state index in [-0.39, 0.29) is 11.3 Å². The summed E-state index contributed by atoms with van der Waals surface area (Å²) in [6.07, 6.45) is 7.03. The Morgan fingerprint density at radius 3 is 2.40 bits per heavy atom. The molecule has 2 heteroatoms. The van der Waals surface area contributed by atoms with Gasteiger partial charge in [-0.05, 0) is 47.1 Å². The van der Waals surface area contributed by atoms with Crippen LogP contribution in [-0.2, 0) is 4.79 Å². The topological polar surface area (TPSA) is 26.3 Å². The number of fused-ring (bicyclic) bond motifs is 1. The Kier molecular flexibility index (Phi) is 3.04. The molecule has 2 nitrogen and oxygen atoms in total. The second-order valence-corrected chi connectivity index (χ2v) is 6.32. The number of hydrogen-bond donors (Lipinski definition) is 0. The molecule has 104 valence electrons. The summed E-state index contributed by atoms with van der Waals surface area (Å²) < 4.78 is 5.15. The van der Waals surface area contributed by atoms with Crippen molar-refractivity contribution in [2.45, 2.75) is 20.3 Å². The number of hydrogen-bond acceptors (Lipinski definition) is 2. The smallest absolute Gasteiger partial charge is 0.159 e. The molecule has 0 amide bonds. The number of carbonyl (C=O) groups is 1. The van der Waals surface area contributed by atoms with Crippen LogP contribution < -0.4 is 4.74 Å². The molecule has 1 aromatic carbocycles. The van der Waals surface area contributed by atoms with Crippen molar-refractivity contribution in [3.63, 3.8) is 0 Å². The van der Waals surface area contributed by atoms with Crippen molar-refractivity contribution < 1.29 is 9.53 Å². The molecule has 0 aromatic heterocycles. The number of methoxy groups -OCH3 is 1. The van der Waals surface area contributed by atoms with Gasteiger partial charge < -0.3 is 4.74 Å². The van der Waals surface area contributed by atoms with E-state index in [0.717, 1.165) is 17.7 Å². The van der Waals surface area contributed by atoms with Crippen molar-refractivity contribution in [2.24, 2.45) is 17.3 Å². The Morgan fingerprint density at radius 2 is 1.85 bits per heavy atom. The van der Waals surface area contributed by atoms with E-state index in [1.165, 1.54) is 5.57 Å². The lowest BCUT2D eigenvalue weighted by molar-refractivity contribution is -0.133. The molecule has 0 spiro atoms. The zero-order valence-corrected chi connectivity index (χ0v) is 12.2. The lowest BCUT2D eigenvalue weighted by Gasteiger charge is -2.54. The fraction of sp³-hybridized carbons (Fsp3) is 0.389. The Bertz CT molecular complexity index is 590. The molecule has 3 aliphatic rings. The van der Waals surface area contributed by atoms with Crippen LogP contribution in [0.1, 0.15) is 25.8 Å². The summed E-state index contributed by atoms with van der Waals surface area (Å²) in [6.45, 7) is 4.41. The summed E-state index contributed by atoms with van der Waals surface area (Å²) in [5, 5.41) is 0. The Hall–Kier alpha value is -1.83. The van der Waals surface area contributed by atoms with E-state index in [0.29, 0.717) is 11.7 Å². The molecule has 0 saturated heterocycles. The van der Waals surface area contributed by atoms with Crippen LogP contribution in [0.15, 0.2) is 42.0 Å². The molecule has 0 aliphatic heterocycles. The van der Waals surface area contributed by atoms with Gasteiger partial charge in [-0.15, -0.1) is 0 Å². The predicted octanol–water partition coefficient (Wildman–Crippen LogP) is 3.88. The maximum absolute atomic E-state index is 12.0. The number of ketones is 1. The van der Waals surface area contributed by atoms with Crippen molar-refractivity contribution in [3.8, 4) is 5.75 Å². The van der Waals surface area contributed by atoms with Crippen LogP contribution in [0.5, 0.6) is 5.75 Å². The fourth-order valence-corrected chi connectivity index (χ4v) is 3.41. The second-order valence-electron chi connectivity index (χ2n) is 6.32. The molecule has 2 bridgehead atoms. The highest BCUT2D eigenvalue weighted by Crippen LogP contribution is 2.58. The number of ether oxygens (including phenoxy) is 1. The number of benzene rings is 1. The van der Waals surface area contributed by atoms with Gasteiger partial charge in [-0.3, -0.25) is 4.79 Å². The first kappa shape index (κ1) is 13.2. The molecule has 1 saturated carbocycles. The van der Waals surface area contributed by atoms with Gasteiger partial charge in [0.15, 0.2) is 5.78 Å². The minimum atomic E-state index is 0.130. The highest BCUT2D eigenvalue weighted by atomic mass is 16.5. The number of allylic oxidation sites excluding steroid dienone is 3. The zero-order valence-electron chi connectivity index (χ0n) is 12.2. The monoisotopic (exact) mass is 268 g/mol. The molecule has 0 N–H and O–H groups in total. The molecule has 2 atom stereocenters. The fourth-order valence-electron chi connectivity index (χ4n) is 3.41. The summed E-state index contributed by atoms with van der Waals surface area (Å²) in [7, 11) is 1.67. The predicted molar refractivity (Wildman–Crippen MR) is 80.5 cm³/mol. The Balaban J connectivity index is 1.80. The van der Waals surface area contributed by atoms with Gasteiger partial charge in [-0.1, -0.05) is 38.1 Å². The van der Waals surface area contributed by atoms with Gasteiger partial charge in [0.25, 0.3) is 0 Å². The highest BCUT2D eigenvalue weighted by Gasteiger charge is 2.54. The zero-order chi connectivity index (χ0) is 14.3. The third-order valence-electron chi connectivity index (χ3n) is 4.91. The molecular weight excluding hydrogens is 248 g/mol. The molecule has 4 rings (SSSR count). The van der Waals surface area contributed by atoms with Crippen molar-refractivity contribution in [3.05, 3.63) is 47.6 Å². The van der Waals surface area contributed by atoms with E-state index in [9.17, 15) is 4.79 Å². The molecule has 20 heavy (non-hydrogen) atoms. The summed E-state index contributed by atoms with van der Waals surface area (Å²) >= 11 is 0. The minimum absolute atomic E-state index is 0.130. The SMILES string of the molecule is COc1ccc(/C=C/C2=CC(=O)C3CC2C3(C)C)cc1. The van der Waals surface area contributed by atoms with Crippen LogP contribution in [0.25, 0.3) is 6.08 Å². The first-order chi connectivity index (χ1) is 9.52. The van der Waals surface area contributed by atoms with Gasteiger partial charge >= 0.3 is 0 Å². The largest absolute Gasteiger partial charge is 0.497 e. The van der Waals surface area contributed by atoms with E-state index < -0.39 is 0 Å². The van der Waals surface area contributed by atoms with Gasteiger partial charge in [0, 0.05) is 5.92 Å². The minimum Gasteiger partial charge on any atom is -0.497 e. The molecular formula is C18H20O2. The van der Waals surface area contributed by atoms with Gasteiger partial charge in [0.2, 0.25) is 0 Å². The normalized spacial score (nSPS) is 27.1. The average molecular weight is 268 g/mol. The summed E-state index contributed by atoms with van der Waals surface area (Å²) in [5.41, 5.74) is 2.43. The first-order valence-corrected chi connectivity index (χ1v) is 7.10. The highest BCUT2D eigenvalue weighted by molar-refractivity contribution is 5.96. The van der Waals surface area contributed by atoms with Crippen LogP contribution in [0, 0.1) is 17.3 Å². The molecule has 2 unspecified atom stereocenters. The van der Waals surface area contributed by atoms with Gasteiger partial charge in [0.1, 0.15) is 5.75 Å². The van der Waals surface area contributed by atoms with E-state index in [4.69, 9.17) is 4.74 Å². The van der Waals surface area contributed by atoms with Crippen molar-refractivity contribution in [1.82, 2.24) is 0 Å². The maximum Gasteiger partial charge on any atom is 0.159 e. The molecule has 1 fully saturated rings. The van der Waals surface area contributed by atoms with Gasteiger partial charge in [-0.25, -0.2) is 0 Å². The summed E-state index contributed by atoms with van der Waals surface area (Å²) in [5.74, 6) is 1.93. The average Bonchev–Trinajstić information content (AvgIpc) is 2.44. The van der Waals surface area contributed by atoms with Crippen LogP contribution in [0.3, 0.4) is 0 Å². The second kappa shape index (κ2) is 4.62. The lowest BCUT2D eigenvalue weighted by atomic mass is 9.48. The number of rotatable bonds is 3. The van der Waals surface area contributed by atoms with Crippen LogP contribution >= 0.6 is 0 Å². The van der Waals surface area contributed by atoms with Gasteiger partial charge in [-0.2, -0.15) is 0 Å². The molecule has 0 heterocycles. The molecule has 3 aliphatic carbocycles. The van der Waals surface area contributed by atoms with Crippen molar-refractivity contribution in [2.75, 3.05) is 7.11 Å². The van der Waals surface area contributed by atoms with E-state index in [1.54, 1.807) is 7.11 Å². The third kappa shape index (κ3) is 2.00. The molecule has 1 aromatic rings. The first-order valence-electron chi connectivity index (χ1n) is 7.10. The number of carbonyl (C=O) groups excluding carboxylic acids is 1. The van der Waals surface area contributed by atoms with E-state index in [1.807, 2.05) is 30.3 Å². The van der Waals surface area contributed by atoms with Crippen molar-refractivity contribution >= 4 is 11.9 Å². The van der Waals surface area contributed by atoms with Gasteiger partial charge in [0.05, 0.1) is 7.11 Å². The maximum atomic E-state index is 12.0. The quantitative estimate of drug-likeness (QED) is 0.831. The summed E-state index contributed by atoms with van der Waals surface area (Å²) in [6, 6.07) is 7.94. The van der Waals surface area contributed by atoms with Crippen LogP contribution in [0.4, 0.5) is 0 Å². The van der Waals surface area contributed by atoms with Crippen LogP contribution in [-0.4, -0.2) is 12.9 Å². The standard InChI is InChI=1S/C18H20O2/c1-18(2)15-11-16(18)17(19)10-13(15)7-4-12-5-8-14(20-3)9-6-12/h4-10,15-16H,11H2,1-3H3/b7-4+. The molecule has 0 radical (unpaired) electrons. The van der Waals surface area contributed by atoms with Crippen molar-refractivity contribution in [1.29, 1.82) is 0 Å². The summed E-state index contributed by atoms with van der Waals surface area (Å²) in [4.78, 5) is 12.0. The Labute approximate surface area is 120 Å². The van der Waals surface area contributed by atoms with E-state index >= 15 is 0 Å². The lowest BCUT2D eigenvalue weighted by Crippen LogP contribution is -2.52. The Morgan fingerprint density at radius 1 is 1.15 bits per heavy atom. The third-order valence-corrected chi connectivity index (χ3v) is 4.91. The van der Waals surface area contributed by atoms with E-state index in [2.05, 4.69) is 26.0 Å². The van der Waals surface area contributed by atoms with Crippen LogP contribution in [0.2, 0.25) is 0 Å².